The summed E-state index contributed by atoms with van der Waals surface area (Å²) in [7, 11) is 1.54. The van der Waals surface area contributed by atoms with E-state index in [-0.39, 0.29) is 11.7 Å². The summed E-state index contributed by atoms with van der Waals surface area (Å²) < 4.78 is 4.84. The number of carboxylic acids is 1. The van der Waals surface area contributed by atoms with Crippen molar-refractivity contribution in [3.8, 4) is 0 Å². The van der Waals surface area contributed by atoms with Crippen LogP contribution < -0.4 is 5.32 Å². The summed E-state index contributed by atoms with van der Waals surface area (Å²) in [5, 5.41) is 10.7. The second-order valence-electron chi connectivity index (χ2n) is 4.42. The number of nitrogens with one attached hydrogen (secondary N) is 1. The lowest BCUT2D eigenvalue weighted by atomic mass is 10.2. The third kappa shape index (κ3) is 8.15. The van der Waals surface area contributed by atoms with Gasteiger partial charge in [0.1, 0.15) is 5.60 Å². The molecule has 0 atom stereocenters. The number of carbonyl (C=O) groups excluding carboxylic acids is 1. The van der Waals surface area contributed by atoms with Crippen molar-refractivity contribution < 1.29 is 19.4 Å². The van der Waals surface area contributed by atoms with Gasteiger partial charge in [0, 0.05) is 7.05 Å². The first-order chi connectivity index (χ1) is 8.26. The number of carboxylic acid groups (broad SMARTS) is 1. The van der Waals surface area contributed by atoms with E-state index >= 15 is 0 Å². The number of hydrogen-bond acceptors (Lipinski definition) is 3. The van der Waals surface area contributed by atoms with Crippen LogP contribution in [0.4, 0.5) is 4.79 Å². The van der Waals surface area contributed by atoms with Crippen LogP contribution in [0.3, 0.4) is 0 Å². The summed E-state index contributed by atoms with van der Waals surface area (Å²) in [6, 6.07) is 8.30. The smallest absolute Gasteiger partial charge is 0.407 e. The molecule has 5 heteroatoms. The van der Waals surface area contributed by atoms with Crippen molar-refractivity contribution in [1.29, 1.82) is 0 Å². The standard InChI is InChI=1S/C7H6O2.C6H13NO2/c8-7(9)6-4-2-1-3-5-6;1-6(2,3)9-5(8)7-4/h1-5H,(H,8,9);1-4H3,(H,7,8). The molecule has 0 heterocycles. The van der Waals surface area contributed by atoms with E-state index in [0.717, 1.165) is 0 Å². The average Bonchev–Trinajstić information content (AvgIpc) is 2.28. The highest BCUT2D eigenvalue weighted by molar-refractivity contribution is 5.87. The zero-order valence-corrected chi connectivity index (χ0v) is 11.1. The lowest BCUT2D eigenvalue weighted by Gasteiger charge is -2.18. The fourth-order valence-corrected chi connectivity index (χ4v) is 0.910. The van der Waals surface area contributed by atoms with Crippen molar-refractivity contribution in [2.24, 2.45) is 0 Å². The van der Waals surface area contributed by atoms with Crippen LogP contribution in [0.1, 0.15) is 31.1 Å². The Balaban J connectivity index is 0.000000321. The van der Waals surface area contributed by atoms with E-state index in [9.17, 15) is 9.59 Å². The quantitative estimate of drug-likeness (QED) is 0.806. The van der Waals surface area contributed by atoms with Gasteiger partial charge in [0.2, 0.25) is 0 Å². The van der Waals surface area contributed by atoms with E-state index in [4.69, 9.17) is 9.84 Å². The van der Waals surface area contributed by atoms with Crippen molar-refractivity contribution in [1.82, 2.24) is 5.32 Å². The lowest BCUT2D eigenvalue weighted by Crippen LogP contribution is -2.30. The van der Waals surface area contributed by atoms with Crippen molar-refractivity contribution in [3.05, 3.63) is 35.9 Å². The Bertz CT molecular complexity index is 382. The Morgan fingerprint density at radius 3 is 1.89 bits per heavy atom. The van der Waals surface area contributed by atoms with E-state index in [0.29, 0.717) is 5.56 Å². The van der Waals surface area contributed by atoms with Gasteiger partial charge in [0.05, 0.1) is 5.56 Å². The molecular formula is C13H19NO4. The first kappa shape index (κ1) is 16.0. The Kier molecular flexibility index (Phi) is 6.49. The topological polar surface area (TPSA) is 75.6 Å². The van der Waals surface area contributed by atoms with E-state index in [1.54, 1.807) is 30.3 Å². The molecular weight excluding hydrogens is 234 g/mol. The van der Waals surface area contributed by atoms with Gasteiger partial charge in [-0.25, -0.2) is 9.59 Å². The number of benzene rings is 1. The summed E-state index contributed by atoms with van der Waals surface area (Å²) in [6.07, 6.45) is -0.387. The molecule has 0 aliphatic rings. The molecule has 1 aromatic rings. The predicted molar refractivity (Wildman–Crippen MR) is 68.7 cm³/mol. The molecule has 5 nitrogen and oxygen atoms in total. The SMILES string of the molecule is CNC(=O)OC(C)(C)C.O=C(O)c1ccccc1. The average molecular weight is 253 g/mol. The number of amides is 1. The maximum atomic E-state index is 10.5. The molecule has 2 N–H and O–H groups in total. The monoisotopic (exact) mass is 253 g/mol. The predicted octanol–water partition coefficient (Wildman–Crippen LogP) is 2.53. The van der Waals surface area contributed by atoms with Gasteiger partial charge in [-0.05, 0) is 32.9 Å². The van der Waals surface area contributed by atoms with Crippen LogP contribution in [0, 0.1) is 0 Å². The van der Waals surface area contributed by atoms with E-state index < -0.39 is 5.97 Å². The van der Waals surface area contributed by atoms with Gasteiger partial charge in [-0.3, -0.25) is 0 Å². The summed E-state index contributed by atoms with van der Waals surface area (Å²) in [6.45, 7) is 5.46. The summed E-state index contributed by atoms with van der Waals surface area (Å²) in [4.78, 5) is 20.7. The minimum atomic E-state index is -0.879. The number of ether oxygens (including phenoxy) is 1. The lowest BCUT2D eigenvalue weighted by molar-refractivity contribution is 0.0541. The highest BCUT2D eigenvalue weighted by Gasteiger charge is 2.13. The number of carbonyl (C=O) groups is 2. The van der Waals surface area contributed by atoms with Gasteiger partial charge in [-0.1, -0.05) is 18.2 Å². The van der Waals surface area contributed by atoms with Gasteiger partial charge in [-0.15, -0.1) is 0 Å². The zero-order valence-electron chi connectivity index (χ0n) is 11.1. The van der Waals surface area contributed by atoms with Crippen LogP contribution >= 0.6 is 0 Å². The van der Waals surface area contributed by atoms with Gasteiger partial charge in [-0.2, -0.15) is 0 Å². The molecule has 1 amide bonds. The third-order valence-electron chi connectivity index (χ3n) is 1.62. The van der Waals surface area contributed by atoms with Crippen LogP contribution in [0.2, 0.25) is 0 Å². The Morgan fingerprint density at radius 1 is 1.17 bits per heavy atom. The second-order valence-corrected chi connectivity index (χ2v) is 4.42. The second kappa shape index (κ2) is 7.32. The first-order valence-corrected chi connectivity index (χ1v) is 5.45. The van der Waals surface area contributed by atoms with Crippen LogP contribution in [-0.4, -0.2) is 29.8 Å². The van der Waals surface area contributed by atoms with Crippen molar-refractivity contribution in [2.45, 2.75) is 26.4 Å². The molecule has 18 heavy (non-hydrogen) atoms. The van der Waals surface area contributed by atoms with Gasteiger partial charge in [0.25, 0.3) is 0 Å². The summed E-state index contributed by atoms with van der Waals surface area (Å²) >= 11 is 0. The number of rotatable bonds is 1. The molecule has 0 bridgehead atoms. The summed E-state index contributed by atoms with van der Waals surface area (Å²) in [5.74, 6) is -0.879. The van der Waals surface area contributed by atoms with E-state index in [1.165, 1.54) is 7.05 Å². The van der Waals surface area contributed by atoms with Crippen LogP contribution in [0.5, 0.6) is 0 Å². The summed E-state index contributed by atoms with van der Waals surface area (Å²) in [5.41, 5.74) is -0.0578. The van der Waals surface area contributed by atoms with Gasteiger partial charge < -0.3 is 15.2 Å². The molecule has 0 unspecified atom stereocenters. The maximum Gasteiger partial charge on any atom is 0.407 e. The van der Waals surface area contributed by atoms with Gasteiger partial charge >= 0.3 is 12.1 Å². The van der Waals surface area contributed by atoms with Crippen LogP contribution in [0.25, 0.3) is 0 Å². The Hall–Kier alpha value is -2.04. The molecule has 100 valence electrons. The fourth-order valence-electron chi connectivity index (χ4n) is 0.910. The highest BCUT2D eigenvalue weighted by atomic mass is 16.6. The zero-order chi connectivity index (χ0) is 14.2. The molecule has 1 rings (SSSR count). The maximum absolute atomic E-state index is 10.5. The van der Waals surface area contributed by atoms with Crippen LogP contribution in [-0.2, 0) is 4.74 Å². The Morgan fingerprint density at radius 2 is 1.67 bits per heavy atom. The van der Waals surface area contributed by atoms with Gasteiger partial charge in [0.15, 0.2) is 0 Å². The molecule has 0 aliphatic carbocycles. The highest BCUT2D eigenvalue weighted by Crippen LogP contribution is 2.05. The Labute approximate surface area is 107 Å². The normalized spacial score (nSPS) is 9.78. The number of alkyl carbamates (subject to hydrolysis) is 1. The van der Waals surface area contributed by atoms with Crippen molar-refractivity contribution in [2.75, 3.05) is 7.05 Å². The first-order valence-electron chi connectivity index (χ1n) is 5.45. The minimum Gasteiger partial charge on any atom is -0.478 e. The molecule has 0 aliphatic heterocycles. The molecule has 0 spiro atoms. The number of aromatic carboxylic acids is 1. The molecule has 1 aromatic carbocycles. The van der Waals surface area contributed by atoms with E-state index in [1.807, 2.05) is 20.8 Å². The molecule has 0 radical (unpaired) electrons. The van der Waals surface area contributed by atoms with Crippen molar-refractivity contribution in [3.63, 3.8) is 0 Å². The minimum absolute atomic E-state index is 0.331. The molecule has 0 saturated carbocycles. The number of hydrogen-bond donors (Lipinski definition) is 2. The van der Waals surface area contributed by atoms with E-state index in [2.05, 4.69) is 5.32 Å². The molecule has 0 fully saturated rings. The largest absolute Gasteiger partial charge is 0.478 e. The third-order valence-corrected chi connectivity index (χ3v) is 1.62. The van der Waals surface area contributed by atoms with Crippen molar-refractivity contribution >= 4 is 12.1 Å². The fraction of sp³-hybridized carbons (Fsp3) is 0.385. The molecule has 0 saturated heterocycles. The molecule has 0 aromatic heterocycles. The van der Waals surface area contributed by atoms with Crippen LogP contribution in [0.15, 0.2) is 30.3 Å².